The molecule has 116 valence electrons. The zero-order valence-corrected chi connectivity index (χ0v) is 13.2. The highest BCUT2D eigenvalue weighted by molar-refractivity contribution is 8.16. The molecular weight excluding hydrogens is 310 g/mol. The number of amides is 1. The lowest BCUT2D eigenvalue weighted by Gasteiger charge is -2.16. The normalized spacial score (nSPS) is 16.1. The smallest absolute Gasteiger partial charge is 0.246 e. The van der Waals surface area contributed by atoms with Crippen LogP contribution in [0.1, 0.15) is 5.56 Å². The summed E-state index contributed by atoms with van der Waals surface area (Å²) in [5.41, 5.74) is 3.10. The zero-order valence-electron chi connectivity index (χ0n) is 12.3. The van der Waals surface area contributed by atoms with Gasteiger partial charge >= 0.3 is 0 Å². The molecule has 0 radical (unpaired) electrons. The third-order valence-corrected chi connectivity index (χ3v) is 4.60. The Balaban J connectivity index is 1.42. The number of nitrogens with one attached hydrogen (secondary N) is 1. The van der Waals surface area contributed by atoms with E-state index in [0.717, 1.165) is 29.5 Å². The second-order valence-corrected chi connectivity index (χ2v) is 6.10. The van der Waals surface area contributed by atoms with Crippen molar-refractivity contribution in [3.8, 4) is 0 Å². The summed E-state index contributed by atoms with van der Waals surface area (Å²) < 4.78 is 1.60. The van der Waals surface area contributed by atoms with Gasteiger partial charge in [0.05, 0.1) is 12.2 Å². The molecule has 1 amide bonds. The lowest BCUT2D eigenvalue weighted by atomic mass is 10.1. The number of thioether (sulfide) groups is 1. The maximum Gasteiger partial charge on any atom is 0.246 e. The van der Waals surface area contributed by atoms with Crippen molar-refractivity contribution in [2.75, 3.05) is 18.4 Å². The van der Waals surface area contributed by atoms with Gasteiger partial charge in [-0.25, -0.2) is 0 Å². The van der Waals surface area contributed by atoms with Crippen LogP contribution in [0.15, 0.2) is 53.1 Å². The SMILES string of the molecule is O=C(Cn1cccn1)Nc1ccc(C2=CSC3=NCCN23)cc1. The fourth-order valence-electron chi connectivity index (χ4n) is 2.61. The fraction of sp³-hybridized carbons (Fsp3) is 0.188. The second-order valence-electron chi connectivity index (χ2n) is 5.27. The minimum Gasteiger partial charge on any atom is -0.324 e. The molecule has 0 bridgehead atoms. The topological polar surface area (TPSA) is 62.5 Å². The maximum absolute atomic E-state index is 12.0. The van der Waals surface area contributed by atoms with Gasteiger partial charge in [0.15, 0.2) is 5.17 Å². The molecule has 23 heavy (non-hydrogen) atoms. The van der Waals surface area contributed by atoms with Gasteiger partial charge in [0.2, 0.25) is 5.91 Å². The van der Waals surface area contributed by atoms with E-state index in [-0.39, 0.29) is 12.5 Å². The average Bonchev–Trinajstić information content (AvgIpc) is 3.25. The second kappa shape index (κ2) is 5.92. The monoisotopic (exact) mass is 325 g/mol. The Morgan fingerprint density at radius 3 is 2.96 bits per heavy atom. The molecule has 1 N–H and O–H groups in total. The molecule has 1 aromatic heterocycles. The van der Waals surface area contributed by atoms with Crippen LogP contribution in [0.3, 0.4) is 0 Å². The van der Waals surface area contributed by atoms with Gasteiger partial charge in [0, 0.05) is 30.0 Å². The molecule has 0 unspecified atom stereocenters. The standard InChI is InChI=1S/C16H15N5OS/c22-15(10-20-8-1-6-18-20)19-13-4-2-12(3-5-13)14-11-23-16-17-7-9-21(14)16/h1-6,8,11H,7,9-10H2,(H,19,22). The number of aromatic nitrogens is 2. The largest absolute Gasteiger partial charge is 0.324 e. The van der Waals surface area contributed by atoms with Crippen molar-refractivity contribution in [2.45, 2.75) is 6.54 Å². The lowest BCUT2D eigenvalue weighted by Crippen LogP contribution is -2.20. The summed E-state index contributed by atoms with van der Waals surface area (Å²) in [5, 5.41) is 10.1. The molecule has 0 fully saturated rings. The summed E-state index contributed by atoms with van der Waals surface area (Å²) in [6.07, 6.45) is 3.42. The fourth-order valence-corrected chi connectivity index (χ4v) is 3.58. The molecular formula is C16H15N5OS. The van der Waals surface area contributed by atoms with E-state index in [9.17, 15) is 4.79 Å². The molecule has 7 heteroatoms. The van der Waals surface area contributed by atoms with E-state index in [1.165, 1.54) is 5.70 Å². The van der Waals surface area contributed by atoms with Gasteiger partial charge in [-0.2, -0.15) is 5.10 Å². The first-order valence-electron chi connectivity index (χ1n) is 7.36. The minimum atomic E-state index is -0.0916. The number of carbonyl (C=O) groups excluding carboxylic acids is 1. The van der Waals surface area contributed by atoms with Gasteiger partial charge in [-0.1, -0.05) is 23.9 Å². The highest BCUT2D eigenvalue weighted by atomic mass is 32.2. The third kappa shape index (κ3) is 2.87. The van der Waals surface area contributed by atoms with Gasteiger partial charge in [0.1, 0.15) is 6.54 Å². The molecule has 0 atom stereocenters. The molecule has 0 spiro atoms. The first kappa shape index (κ1) is 14.1. The van der Waals surface area contributed by atoms with Crippen LogP contribution in [0.5, 0.6) is 0 Å². The number of nitrogens with zero attached hydrogens (tertiary/aromatic N) is 4. The predicted octanol–water partition coefficient (Wildman–Crippen LogP) is 2.24. The molecule has 2 aromatic rings. The molecule has 4 rings (SSSR count). The highest BCUT2D eigenvalue weighted by Crippen LogP contribution is 2.35. The Kier molecular flexibility index (Phi) is 3.63. The third-order valence-electron chi connectivity index (χ3n) is 3.70. The Bertz CT molecular complexity index is 779. The number of amidine groups is 1. The summed E-state index contributed by atoms with van der Waals surface area (Å²) in [5.74, 6) is -0.0916. The van der Waals surface area contributed by atoms with Gasteiger partial charge in [-0.05, 0) is 23.8 Å². The Labute approximate surface area is 137 Å². The van der Waals surface area contributed by atoms with Crippen molar-refractivity contribution in [1.29, 1.82) is 0 Å². The van der Waals surface area contributed by atoms with E-state index >= 15 is 0 Å². The maximum atomic E-state index is 12.0. The molecule has 2 aliphatic heterocycles. The number of anilines is 1. The summed E-state index contributed by atoms with van der Waals surface area (Å²) in [7, 11) is 0. The first-order chi connectivity index (χ1) is 11.3. The molecule has 0 aliphatic carbocycles. The van der Waals surface area contributed by atoms with Crippen LogP contribution in [-0.4, -0.2) is 38.8 Å². The van der Waals surface area contributed by atoms with Gasteiger partial charge < -0.3 is 10.2 Å². The van der Waals surface area contributed by atoms with Gasteiger partial charge in [0.25, 0.3) is 0 Å². The minimum absolute atomic E-state index is 0.0916. The number of rotatable bonds is 4. The zero-order chi connectivity index (χ0) is 15.6. The van der Waals surface area contributed by atoms with Crippen molar-refractivity contribution in [3.63, 3.8) is 0 Å². The van der Waals surface area contributed by atoms with Crippen LogP contribution >= 0.6 is 11.8 Å². The Hall–Kier alpha value is -2.54. The summed E-state index contributed by atoms with van der Waals surface area (Å²) in [6, 6.07) is 9.69. The number of fused-ring (bicyclic) bond motifs is 1. The molecule has 2 aliphatic rings. The van der Waals surface area contributed by atoms with Gasteiger partial charge in [-0.3, -0.25) is 14.5 Å². The van der Waals surface area contributed by atoms with E-state index in [1.807, 2.05) is 24.3 Å². The Morgan fingerprint density at radius 1 is 1.30 bits per heavy atom. The Morgan fingerprint density at radius 2 is 2.17 bits per heavy atom. The number of aliphatic imine (C=N–C) groups is 1. The first-order valence-corrected chi connectivity index (χ1v) is 8.24. The van der Waals surface area contributed by atoms with Crippen molar-refractivity contribution >= 4 is 34.2 Å². The van der Waals surface area contributed by atoms with E-state index in [0.29, 0.717) is 0 Å². The van der Waals surface area contributed by atoms with Crippen molar-refractivity contribution in [3.05, 3.63) is 53.7 Å². The quantitative estimate of drug-likeness (QED) is 0.936. The molecule has 6 nitrogen and oxygen atoms in total. The van der Waals surface area contributed by atoms with Crippen molar-refractivity contribution in [2.24, 2.45) is 4.99 Å². The molecule has 3 heterocycles. The summed E-state index contributed by atoms with van der Waals surface area (Å²) in [4.78, 5) is 18.6. The molecule has 0 saturated carbocycles. The van der Waals surface area contributed by atoms with Gasteiger partial charge in [-0.15, -0.1) is 0 Å². The molecule has 0 saturated heterocycles. The van der Waals surface area contributed by atoms with Crippen molar-refractivity contribution in [1.82, 2.24) is 14.7 Å². The van der Waals surface area contributed by atoms with Crippen LogP contribution in [0.4, 0.5) is 5.69 Å². The van der Waals surface area contributed by atoms with Crippen LogP contribution in [-0.2, 0) is 11.3 Å². The molecule has 1 aromatic carbocycles. The van der Waals surface area contributed by atoms with Crippen LogP contribution in [0.25, 0.3) is 5.70 Å². The van der Waals surface area contributed by atoms with Crippen molar-refractivity contribution < 1.29 is 4.79 Å². The number of hydrogen-bond acceptors (Lipinski definition) is 5. The van der Waals surface area contributed by atoms with Crippen LogP contribution in [0.2, 0.25) is 0 Å². The number of carbonyl (C=O) groups is 1. The lowest BCUT2D eigenvalue weighted by molar-refractivity contribution is -0.116. The van der Waals surface area contributed by atoms with Crippen LogP contribution < -0.4 is 5.32 Å². The summed E-state index contributed by atoms with van der Waals surface area (Å²) >= 11 is 1.67. The number of benzene rings is 1. The summed E-state index contributed by atoms with van der Waals surface area (Å²) in [6.45, 7) is 2.02. The van der Waals surface area contributed by atoms with Crippen LogP contribution in [0, 0.1) is 0 Å². The van der Waals surface area contributed by atoms with E-state index in [1.54, 1.807) is 34.9 Å². The average molecular weight is 325 g/mol. The highest BCUT2D eigenvalue weighted by Gasteiger charge is 2.26. The van der Waals surface area contributed by atoms with E-state index in [4.69, 9.17) is 0 Å². The van der Waals surface area contributed by atoms with E-state index < -0.39 is 0 Å². The predicted molar refractivity (Wildman–Crippen MR) is 91.9 cm³/mol. The number of hydrogen-bond donors (Lipinski definition) is 1. The van der Waals surface area contributed by atoms with E-state index in [2.05, 4.69) is 25.7 Å².